The van der Waals surface area contributed by atoms with E-state index in [-0.39, 0.29) is 0 Å². The highest BCUT2D eigenvalue weighted by Crippen LogP contribution is 2.31. The summed E-state index contributed by atoms with van der Waals surface area (Å²) < 4.78 is 24.4. The van der Waals surface area contributed by atoms with Crippen molar-refractivity contribution < 1.29 is 18.9 Å². The third-order valence-corrected chi connectivity index (χ3v) is 8.17. The second-order valence-electron chi connectivity index (χ2n) is 12.4. The summed E-state index contributed by atoms with van der Waals surface area (Å²) in [5, 5.41) is 2.74. The number of hydrogen-bond acceptors (Lipinski definition) is 4. The molecule has 266 valence electrons. The second-order valence-corrected chi connectivity index (χ2v) is 12.4. The van der Waals surface area contributed by atoms with E-state index in [2.05, 4.69) is 121 Å². The van der Waals surface area contributed by atoms with Gasteiger partial charge in [0.05, 0.1) is 26.4 Å². The van der Waals surface area contributed by atoms with E-state index in [1.807, 2.05) is 36.4 Å². The average Bonchev–Trinajstić information content (AvgIpc) is 3.17. The van der Waals surface area contributed by atoms with Crippen LogP contribution in [0.1, 0.15) is 101 Å². The molecule has 0 atom stereocenters. The predicted molar refractivity (Wildman–Crippen MR) is 215 cm³/mol. The molecule has 4 heteroatoms. The van der Waals surface area contributed by atoms with Crippen LogP contribution < -0.4 is 39.8 Å². The molecule has 3 aromatic carbocycles. The molecule has 0 unspecified atom stereocenters. The number of unbranched alkanes of at least 4 members (excludes halogenated alkanes) is 4. The lowest BCUT2D eigenvalue weighted by atomic mass is 10.0. The fourth-order valence-electron chi connectivity index (χ4n) is 5.09. The number of fused-ring (bicyclic) bond motifs is 4. The van der Waals surface area contributed by atoms with E-state index in [0.29, 0.717) is 92.6 Å². The Morgan fingerprint density at radius 2 is 0.611 bits per heavy atom. The van der Waals surface area contributed by atoms with Crippen LogP contribution in [0.5, 0.6) is 23.0 Å². The molecule has 0 aliphatic heterocycles. The lowest BCUT2D eigenvalue weighted by Crippen LogP contribution is -2.24. The molecule has 0 spiro atoms. The van der Waals surface area contributed by atoms with Crippen LogP contribution in [0.4, 0.5) is 0 Å². The van der Waals surface area contributed by atoms with Gasteiger partial charge in [-0.25, -0.2) is 0 Å². The largest absolute Gasteiger partial charge is 0.490 e. The van der Waals surface area contributed by atoms with Gasteiger partial charge in [-0.3, -0.25) is 0 Å². The first-order chi connectivity index (χ1) is 26.6. The summed E-state index contributed by atoms with van der Waals surface area (Å²) in [4.78, 5) is 0. The standard InChI is InChI=1S/C50H42O4/c1-5-9-29-51-47-35-43-25-17-13-21-39-33-41-23-15-19-27-45-37-49(53-31-11-7-3)50(54-32-12-8-4)38-46(45)28-20-16-24-42(41)34-40(39)22-14-18-26-44(43)36-48(47)52-30-10-6-2/h33-38H,5-12,29-32H2,1-4H3. The Bertz CT molecular complexity index is 2490. The zero-order valence-corrected chi connectivity index (χ0v) is 31.6. The van der Waals surface area contributed by atoms with Crippen molar-refractivity contribution >= 4 is 22.9 Å². The van der Waals surface area contributed by atoms with Crippen LogP contribution in [0.3, 0.4) is 0 Å². The summed E-state index contributed by atoms with van der Waals surface area (Å²) in [6.45, 7) is 10.9. The molecular weight excluding hydrogens is 665 g/mol. The number of ether oxygens (including phenoxy) is 4. The van der Waals surface area contributed by atoms with Crippen LogP contribution in [0.25, 0.3) is 22.9 Å². The Morgan fingerprint density at radius 1 is 0.352 bits per heavy atom. The van der Waals surface area contributed by atoms with Crippen molar-refractivity contribution in [2.24, 2.45) is 0 Å². The third-order valence-electron chi connectivity index (χ3n) is 8.17. The summed E-state index contributed by atoms with van der Waals surface area (Å²) in [7, 11) is 0. The second kappa shape index (κ2) is 21.0. The van der Waals surface area contributed by atoms with Crippen molar-refractivity contribution in [3.05, 3.63) is 102 Å². The van der Waals surface area contributed by atoms with Gasteiger partial charge in [-0.1, -0.05) is 100.0 Å². The smallest absolute Gasteiger partial charge is 0.162 e. The fraction of sp³-hybridized carbons (Fsp3) is 0.320. The molecule has 0 bridgehead atoms. The van der Waals surface area contributed by atoms with Gasteiger partial charge in [-0.05, 0) is 84.4 Å². The van der Waals surface area contributed by atoms with Gasteiger partial charge in [0.15, 0.2) is 23.0 Å². The Balaban J connectivity index is 1.64. The highest BCUT2D eigenvalue weighted by atomic mass is 16.5. The molecule has 54 heavy (non-hydrogen) atoms. The zero-order valence-electron chi connectivity index (χ0n) is 31.6. The van der Waals surface area contributed by atoms with E-state index in [1.165, 1.54) is 0 Å². The Hall–Kier alpha value is -6.66. The highest BCUT2D eigenvalue weighted by molar-refractivity contribution is 5.62. The van der Waals surface area contributed by atoms with E-state index in [0.717, 1.165) is 51.4 Å². The molecule has 3 aromatic rings. The maximum atomic E-state index is 6.10. The molecule has 2 aliphatic carbocycles. The quantitative estimate of drug-likeness (QED) is 0.0760. The number of rotatable bonds is 16. The highest BCUT2D eigenvalue weighted by Gasteiger charge is 2.11. The van der Waals surface area contributed by atoms with Crippen LogP contribution in [-0.2, 0) is 0 Å². The molecule has 0 saturated carbocycles. The molecule has 0 amide bonds. The summed E-state index contributed by atoms with van der Waals surface area (Å²) in [6.07, 6.45) is 7.88. The lowest BCUT2D eigenvalue weighted by Gasteiger charge is -2.14. The minimum absolute atomic E-state index is 0.591. The van der Waals surface area contributed by atoms with Crippen molar-refractivity contribution in [3.8, 4) is 70.4 Å². The minimum Gasteiger partial charge on any atom is -0.490 e. The summed E-state index contributed by atoms with van der Waals surface area (Å²) >= 11 is 0. The van der Waals surface area contributed by atoms with Crippen LogP contribution in [0, 0.1) is 47.4 Å². The van der Waals surface area contributed by atoms with E-state index in [1.54, 1.807) is 0 Å². The van der Waals surface area contributed by atoms with Crippen LogP contribution in [0.2, 0.25) is 0 Å². The Morgan fingerprint density at radius 3 is 0.907 bits per heavy atom. The SMILES string of the molecule is CCCCOc1cc2c(cc1OCCCC)C#CC#Cc1cc3c(cc1C#CC#C2)=C=C=C=C=c1cc(OCCCC)c(OCCCC)cc1=C=C=C=C=3. The first-order valence-electron chi connectivity index (χ1n) is 18.8. The average molecular weight is 707 g/mol. The molecule has 0 saturated heterocycles. The van der Waals surface area contributed by atoms with E-state index >= 15 is 0 Å². The van der Waals surface area contributed by atoms with Crippen molar-refractivity contribution in [1.29, 1.82) is 0 Å². The Kier molecular flexibility index (Phi) is 15.0. The van der Waals surface area contributed by atoms with Gasteiger partial charge in [0.25, 0.3) is 0 Å². The van der Waals surface area contributed by atoms with Gasteiger partial charge >= 0.3 is 0 Å². The van der Waals surface area contributed by atoms with Crippen LogP contribution >= 0.6 is 0 Å². The van der Waals surface area contributed by atoms with Crippen LogP contribution in [0.15, 0.2) is 59.3 Å². The lowest BCUT2D eigenvalue weighted by molar-refractivity contribution is 0.261. The van der Waals surface area contributed by atoms with Gasteiger partial charge in [-0.15, -0.1) is 0 Å². The van der Waals surface area contributed by atoms with Crippen molar-refractivity contribution in [2.45, 2.75) is 79.1 Å². The number of hydrogen-bond donors (Lipinski definition) is 0. The monoisotopic (exact) mass is 706 g/mol. The predicted octanol–water partition coefficient (Wildman–Crippen LogP) is 6.49. The van der Waals surface area contributed by atoms with Gasteiger partial charge in [0.2, 0.25) is 0 Å². The van der Waals surface area contributed by atoms with Gasteiger partial charge in [0.1, 0.15) is 0 Å². The molecule has 2 aliphatic rings. The van der Waals surface area contributed by atoms with Crippen LogP contribution in [-0.4, -0.2) is 26.4 Å². The van der Waals surface area contributed by atoms with Crippen molar-refractivity contribution in [3.63, 3.8) is 0 Å². The maximum absolute atomic E-state index is 6.10. The first kappa shape index (κ1) is 38.6. The molecule has 4 nitrogen and oxygen atoms in total. The summed E-state index contributed by atoms with van der Waals surface area (Å²) in [6, 6.07) is 11.3. The molecule has 0 fully saturated rings. The molecule has 5 rings (SSSR count). The third kappa shape index (κ3) is 11.2. The molecule has 0 heterocycles. The van der Waals surface area contributed by atoms with E-state index in [9.17, 15) is 0 Å². The van der Waals surface area contributed by atoms with Gasteiger partial charge < -0.3 is 18.9 Å². The minimum atomic E-state index is 0.591. The molecule has 0 radical (unpaired) electrons. The maximum Gasteiger partial charge on any atom is 0.162 e. The zero-order chi connectivity index (χ0) is 37.8. The molecule has 0 aromatic heterocycles. The summed E-state index contributed by atoms with van der Waals surface area (Å²) in [5.41, 5.74) is 27.5. The first-order valence-corrected chi connectivity index (χ1v) is 18.8. The van der Waals surface area contributed by atoms with E-state index < -0.39 is 0 Å². The van der Waals surface area contributed by atoms with Crippen molar-refractivity contribution in [1.82, 2.24) is 0 Å². The van der Waals surface area contributed by atoms with Crippen molar-refractivity contribution in [2.75, 3.05) is 26.4 Å². The fourth-order valence-corrected chi connectivity index (χ4v) is 5.09. The van der Waals surface area contributed by atoms with Gasteiger partial charge in [-0.2, -0.15) is 0 Å². The number of benzene rings is 3. The molecular formula is C50H42O4. The van der Waals surface area contributed by atoms with E-state index in [4.69, 9.17) is 18.9 Å². The summed E-state index contributed by atoms with van der Waals surface area (Å²) in [5.74, 6) is 27.3. The topological polar surface area (TPSA) is 36.9 Å². The normalized spacial score (nSPS) is 10.7. The molecule has 0 N–H and O–H groups in total. The van der Waals surface area contributed by atoms with Gasteiger partial charge in [0, 0.05) is 67.4 Å². The Labute approximate surface area is 319 Å².